The molecule has 1 aromatic heterocycles. The first-order chi connectivity index (χ1) is 12.9. The monoisotopic (exact) mass is 426 g/mol. The fourth-order valence-corrected chi connectivity index (χ4v) is 3.98. The quantitative estimate of drug-likeness (QED) is 0.578. The molecule has 0 aliphatic rings. The Morgan fingerprint density at radius 1 is 1.22 bits per heavy atom. The largest absolute Gasteiger partial charge is 0.465 e. The molecular formula is C18H13Cl2FN2O3S. The predicted molar refractivity (Wildman–Crippen MR) is 103 cm³/mol. The fourth-order valence-electron chi connectivity index (χ4n) is 2.43. The summed E-state index contributed by atoms with van der Waals surface area (Å²) >= 11 is 13.2. The van der Waals surface area contributed by atoms with Gasteiger partial charge in [-0.3, -0.25) is 9.59 Å². The molecule has 27 heavy (non-hydrogen) atoms. The van der Waals surface area contributed by atoms with Crippen molar-refractivity contribution in [1.29, 1.82) is 0 Å². The molecular weight excluding hydrogens is 414 g/mol. The fraction of sp³-hybridized carbons (Fsp3) is 0.167. The molecule has 140 valence electrons. The molecule has 0 radical (unpaired) electrons. The van der Waals surface area contributed by atoms with Crippen LogP contribution in [-0.2, 0) is 16.1 Å². The number of hydrogen-bond acceptors (Lipinski definition) is 4. The highest BCUT2D eigenvalue weighted by Crippen LogP contribution is 2.23. The van der Waals surface area contributed by atoms with E-state index in [2.05, 4.69) is 4.99 Å². The van der Waals surface area contributed by atoms with Crippen molar-refractivity contribution in [3.05, 3.63) is 62.6 Å². The number of thiazole rings is 1. The zero-order valence-corrected chi connectivity index (χ0v) is 16.4. The maximum atomic E-state index is 13.2. The number of hydrogen-bond donors (Lipinski definition) is 0. The minimum atomic E-state index is -0.643. The summed E-state index contributed by atoms with van der Waals surface area (Å²) in [7, 11) is 0. The van der Waals surface area contributed by atoms with Gasteiger partial charge in [0.1, 0.15) is 12.4 Å². The van der Waals surface area contributed by atoms with E-state index < -0.39 is 17.7 Å². The van der Waals surface area contributed by atoms with Gasteiger partial charge in [-0.05, 0) is 43.3 Å². The smallest absolute Gasteiger partial charge is 0.326 e. The summed E-state index contributed by atoms with van der Waals surface area (Å²) in [6.45, 7) is 1.84. The number of halogens is 3. The molecule has 0 atom stereocenters. The van der Waals surface area contributed by atoms with Crippen molar-refractivity contribution < 1.29 is 18.7 Å². The second-order valence-corrected chi connectivity index (χ2v) is 7.28. The van der Waals surface area contributed by atoms with E-state index in [4.69, 9.17) is 27.9 Å². The van der Waals surface area contributed by atoms with Crippen LogP contribution in [0.15, 0.2) is 41.4 Å². The summed E-state index contributed by atoms with van der Waals surface area (Å²) in [6.07, 6.45) is 0. The van der Waals surface area contributed by atoms with E-state index in [-0.39, 0.29) is 28.5 Å². The van der Waals surface area contributed by atoms with Crippen LogP contribution in [0.25, 0.3) is 10.2 Å². The highest BCUT2D eigenvalue weighted by molar-refractivity contribution is 7.16. The van der Waals surface area contributed by atoms with Gasteiger partial charge in [0.05, 0.1) is 27.4 Å². The van der Waals surface area contributed by atoms with Crippen LogP contribution in [0.2, 0.25) is 10.0 Å². The van der Waals surface area contributed by atoms with Crippen molar-refractivity contribution in [3.63, 3.8) is 0 Å². The Morgan fingerprint density at radius 2 is 2.00 bits per heavy atom. The molecule has 9 heteroatoms. The molecule has 0 aliphatic heterocycles. The molecule has 0 aliphatic carbocycles. The van der Waals surface area contributed by atoms with Gasteiger partial charge in [0.25, 0.3) is 5.91 Å². The van der Waals surface area contributed by atoms with Crippen molar-refractivity contribution in [2.45, 2.75) is 13.5 Å². The summed E-state index contributed by atoms with van der Waals surface area (Å²) in [5.41, 5.74) is 0.755. The molecule has 3 aromatic rings. The Balaban J connectivity index is 2.12. The molecule has 0 saturated heterocycles. The van der Waals surface area contributed by atoms with Gasteiger partial charge in [-0.25, -0.2) is 4.39 Å². The number of benzene rings is 2. The van der Waals surface area contributed by atoms with Gasteiger partial charge >= 0.3 is 5.97 Å². The third-order valence-corrected chi connectivity index (χ3v) is 5.19. The van der Waals surface area contributed by atoms with Crippen LogP contribution in [-0.4, -0.2) is 23.1 Å². The highest BCUT2D eigenvalue weighted by Gasteiger charge is 2.15. The van der Waals surface area contributed by atoms with Crippen LogP contribution in [0, 0.1) is 5.82 Å². The molecule has 3 rings (SSSR count). The topological polar surface area (TPSA) is 60.7 Å². The lowest BCUT2D eigenvalue weighted by Crippen LogP contribution is -2.23. The zero-order chi connectivity index (χ0) is 19.6. The number of fused-ring (bicyclic) bond motifs is 1. The molecule has 0 unspecified atom stereocenters. The van der Waals surface area contributed by atoms with Gasteiger partial charge in [0, 0.05) is 5.02 Å². The number of nitrogens with zero attached hydrogens (tertiary/aromatic N) is 2. The van der Waals surface area contributed by atoms with Crippen molar-refractivity contribution in [2.75, 3.05) is 6.61 Å². The van der Waals surface area contributed by atoms with Crippen LogP contribution in [0.4, 0.5) is 4.39 Å². The standard InChI is InChI=1S/C18H13Cl2FN2O3S/c1-2-26-16(24)9-23-14-6-3-10(19)7-15(14)27-18(23)22-17(25)12-5-4-11(21)8-13(12)20/h3-8H,2,9H2,1H3. The minimum absolute atomic E-state index is 0.0372. The van der Waals surface area contributed by atoms with Crippen LogP contribution in [0.5, 0.6) is 0 Å². The minimum Gasteiger partial charge on any atom is -0.465 e. The molecule has 0 bridgehead atoms. The average Bonchev–Trinajstić information content (AvgIpc) is 2.91. The first kappa shape index (κ1) is 19.5. The molecule has 1 heterocycles. The molecule has 0 N–H and O–H groups in total. The molecule has 5 nitrogen and oxygen atoms in total. The summed E-state index contributed by atoms with van der Waals surface area (Å²) in [5.74, 6) is -1.65. The average molecular weight is 427 g/mol. The normalized spacial score (nSPS) is 11.8. The maximum absolute atomic E-state index is 13.2. The number of carbonyl (C=O) groups excluding carboxylic acids is 2. The van der Waals surface area contributed by atoms with Crippen LogP contribution in [0.1, 0.15) is 17.3 Å². The van der Waals surface area contributed by atoms with Crippen LogP contribution < -0.4 is 4.80 Å². The number of aromatic nitrogens is 1. The number of rotatable bonds is 4. The SMILES string of the molecule is CCOC(=O)Cn1c(=NC(=O)c2ccc(F)cc2Cl)sc2cc(Cl)ccc21. The van der Waals surface area contributed by atoms with E-state index in [0.29, 0.717) is 10.5 Å². The van der Waals surface area contributed by atoms with Crippen LogP contribution >= 0.6 is 34.5 Å². The Bertz CT molecular complexity index is 1110. The Kier molecular flexibility index (Phi) is 5.94. The van der Waals surface area contributed by atoms with Gasteiger partial charge in [-0.1, -0.05) is 34.5 Å². The van der Waals surface area contributed by atoms with Gasteiger partial charge in [0.2, 0.25) is 0 Å². The van der Waals surface area contributed by atoms with Crippen molar-refractivity contribution in [3.8, 4) is 0 Å². The lowest BCUT2D eigenvalue weighted by atomic mass is 10.2. The molecule has 1 amide bonds. The van der Waals surface area contributed by atoms with E-state index in [1.54, 1.807) is 29.7 Å². The molecule has 2 aromatic carbocycles. The van der Waals surface area contributed by atoms with Crippen molar-refractivity contribution in [1.82, 2.24) is 4.57 Å². The summed E-state index contributed by atoms with van der Waals surface area (Å²) < 4.78 is 20.5. The van der Waals surface area contributed by atoms with Crippen molar-refractivity contribution in [2.24, 2.45) is 4.99 Å². The summed E-state index contributed by atoms with van der Waals surface area (Å²) in [4.78, 5) is 28.9. The molecule has 0 fully saturated rings. The number of amides is 1. The number of ether oxygens (including phenoxy) is 1. The molecule has 0 spiro atoms. The van der Waals surface area contributed by atoms with E-state index in [1.165, 1.54) is 17.4 Å². The maximum Gasteiger partial charge on any atom is 0.326 e. The highest BCUT2D eigenvalue weighted by atomic mass is 35.5. The third kappa shape index (κ3) is 4.37. The van der Waals surface area contributed by atoms with E-state index in [1.807, 2.05) is 0 Å². The second-order valence-electron chi connectivity index (χ2n) is 5.43. The first-order valence-corrected chi connectivity index (χ1v) is 9.45. The van der Waals surface area contributed by atoms with Gasteiger partial charge in [-0.15, -0.1) is 0 Å². The third-order valence-electron chi connectivity index (χ3n) is 3.60. The first-order valence-electron chi connectivity index (χ1n) is 7.87. The van der Waals surface area contributed by atoms with E-state index >= 15 is 0 Å². The van der Waals surface area contributed by atoms with E-state index in [0.717, 1.165) is 16.8 Å². The summed E-state index contributed by atoms with van der Waals surface area (Å²) in [6, 6.07) is 8.58. The van der Waals surface area contributed by atoms with E-state index in [9.17, 15) is 14.0 Å². The lowest BCUT2D eigenvalue weighted by Gasteiger charge is -2.05. The molecule has 0 saturated carbocycles. The number of esters is 1. The van der Waals surface area contributed by atoms with Gasteiger partial charge < -0.3 is 9.30 Å². The Hall–Kier alpha value is -2.22. The Labute approximate surface area is 167 Å². The van der Waals surface area contributed by atoms with Crippen molar-refractivity contribution >= 4 is 56.6 Å². The van der Waals surface area contributed by atoms with Gasteiger partial charge in [0.15, 0.2) is 4.80 Å². The van der Waals surface area contributed by atoms with Gasteiger partial charge in [-0.2, -0.15) is 4.99 Å². The summed E-state index contributed by atoms with van der Waals surface area (Å²) in [5, 5.41) is 0.483. The zero-order valence-electron chi connectivity index (χ0n) is 14.0. The number of carbonyl (C=O) groups is 2. The second kappa shape index (κ2) is 8.21. The predicted octanol–water partition coefficient (Wildman–Crippen LogP) is 4.45. The lowest BCUT2D eigenvalue weighted by molar-refractivity contribution is -0.143. The Morgan fingerprint density at radius 3 is 2.70 bits per heavy atom. The van der Waals surface area contributed by atoms with Crippen LogP contribution in [0.3, 0.4) is 0 Å².